The molecule has 11 heteroatoms. The number of thiazole rings is 1. The summed E-state index contributed by atoms with van der Waals surface area (Å²) >= 11 is 7.52. The highest BCUT2D eigenvalue weighted by Gasteiger charge is 2.33. The van der Waals surface area contributed by atoms with Crippen LogP contribution < -0.4 is 24.4 Å². The minimum absolute atomic E-state index is 0.0876. The number of methoxy groups -OCH3 is 2. The highest BCUT2D eigenvalue weighted by Crippen LogP contribution is 2.37. The molecule has 1 aliphatic rings. The van der Waals surface area contributed by atoms with E-state index >= 15 is 0 Å². The molecule has 1 N–H and O–H groups in total. The number of aromatic nitrogens is 1. The summed E-state index contributed by atoms with van der Waals surface area (Å²) in [5.41, 5.74) is 1.82. The zero-order valence-corrected chi connectivity index (χ0v) is 21.8. The largest absolute Gasteiger partial charge is 0.493 e. The number of benzene rings is 2. The Bertz CT molecular complexity index is 1570. The average Bonchev–Trinajstić information content (AvgIpc) is 3.20. The van der Waals surface area contributed by atoms with Gasteiger partial charge in [0.1, 0.15) is 0 Å². The molecule has 0 saturated heterocycles. The maximum atomic E-state index is 13.7. The van der Waals surface area contributed by atoms with E-state index < -0.39 is 24.6 Å². The summed E-state index contributed by atoms with van der Waals surface area (Å²) in [7, 11) is 2.70. The van der Waals surface area contributed by atoms with Gasteiger partial charge >= 0.3 is 11.9 Å². The Labute approximate surface area is 220 Å². The number of aliphatic carboxylic acids is 1. The molecule has 37 heavy (non-hydrogen) atoms. The predicted molar refractivity (Wildman–Crippen MR) is 138 cm³/mol. The van der Waals surface area contributed by atoms with Gasteiger partial charge in [-0.1, -0.05) is 60.2 Å². The van der Waals surface area contributed by atoms with Gasteiger partial charge in [0, 0.05) is 0 Å². The zero-order chi connectivity index (χ0) is 26.7. The van der Waals surface area contributed by atoms with Crippen LogP contribution in [0, 0.1) is 0 Å². The molecule has 9 nitrogen and oxygen atoms in total. The van der Waals surface area contributed by atoms with Crippen molar-refractivity contribution in [1.82, 2.24) is 4.57 Å². The van der Waals surface area contributed by atoms with Crippen molar-refractivity contribution in [3.05, 3.63) is 89.6 Å². The molecule has 0 radical (unpaired) electrons. The lowest BCUT2D eigenvalue weighted by Gasteiger charge is -2.25. The van der Waals surface area contributed by atoms with Gasteiger partial charge in [0.05, 0.1) is 41.1 Å². The van der Waals surface area contributed by atoms with Gasteiger partial charge in [-0.05, 0) is 35.8 Å². The molecule has 4 rings (SSSR count). The fourth-order valence-corrected chi connectivity index (χ4v) is 5.36. The molecule has 3 aromatic rings. The topological polar surface area (TPSA) is 116 Å². The number of carbonyl (C=O) groups excluding carboxylic acids is 1. The lowest BCUT2D eigenvalue weighted by molar-refractivity contribution is -0.139. The Morgan fingerprint density at radius 2 is 1.95 bits per heavy atom. The summed E-state index contributed by atoms with van der Waals surface area (Å²) in [6, 6.07) is 11.7. The summed E-state index contributed by atoms with van der Waals surface area (Å²) in [6.45, 7) is 1.30. The second kappa shape index (κ2) is 11.0. The first-order valence-corrected chi connectivity index (χ1v) is 12.4. The van der Waals surface area contributed by atoms with Gasteiger partial charge in [-0.3, -0.25) is 9.36 Å². The van der Waals surface area contributed by atoms with Gasteiger partial charge in [-0.25, -0.2) is 14.6 Å². The summed E-state index contributed by atoms with van der Waals surface area (Å²) in [4.78, 5) is 42.5. The Kier molecular flexibility index (Phi) is 7.80. The number of fused-ring (bicyclic) bond motifs is 1. The van der Waals surface area contributed by atoms with Crippen molar-refractivity contribution in [2.45, 2.75) is 19.4 Å². The molecule has 0 fully saturated rings. The van der Waals surface area contributed by atoms with E-state index in [2.05, 4.69) is 4.99 Å². The van der Waals surface area contributed by atoms with Crippen LogP contribution in [0.2, 0.25) is 5.02 Å². The Hall–Kier alpha value is -3.89. The van der Waals surface area contributed by atoms with Crippen molar-refractivity contribution >= 4 is 41.0 Å². The van der Waals surface area contributed by atoms with E-state index in [-0.39, 0.29) is 22.1 Å². The van der Waals surface area contributed by atoms with E-state index in [0.717, 1.165) is 5.56 Å². The van der Waals surface area contributed by atoms with E-state index in [9.17, 15) is 14.4 Å². The number of carbonyl (C=O) groups is 2. The van der Waals surface area contributed by atoms with Crippen LogP contribution in [0.25, 0.3) is 6.08 Å². The molecular weight excluding hydrogens is 520 g/mol. The van der Waals surface area contributed by atoms with Gasteiger partial charge in [0.2, 0.25) is 0 Å². The van der Waals surface area contributed by atoms with Crippen LogP contribution in [0.3, 0.4) is 0 Å². The molecule has 1 atom stereocenters. The highest BCUT2D eigenvalue weighted by molar-refractivity contribution is 7.07. The number of ether oxygens (including phenoxy) is 3. The third-order valence-corrected chi connectivity index (χ3v) is 6.92. The van der Waals surface area contributed by atoms with Crippen LogP contribution in [0.5, 0.6) is 11.5 Å². The third kappa shape index (κ3) is 5.16. The number of halogens is 1. The maximum absolute atomic E-state index is 13.7. The summed E-state index contributed by atoms with van der Waals surface area (Å²) in [6.07, 6.45) is 2.11. The normalized spacial score (nSPS) is 15.1. The van der Waals surface area contributed by atoms with Gasteiger partial charge in [-0.2, -0.15) is 0 Å². The number of carboxylic acids is 1. The molecule has 0 amide bonds. The van der Waals surface area contributed by atoms with E-state index in [1.54, 1.807) is 18.2 Å². The van der Waals surface area contributed by atoms with E-state index in [1.807, 2.05) is 37.3 Å². The van der Waals surface area contributed by atoms with Crippen molar-refractivity contribution in [3.63, 3.8) is 0 Å². The lowest BCUT2D eigenvalue weighted by Crippen LogP contribution is -2.40. The summed E-state index contributed by atoms with van der Waals surface area (Å²) in [5.74, 6) is -1.40. The maximum Gasteiger partial charge on any atom is 0.341 e. The molecule has 0 spiro atoms. The number of hydrogen-bond donors (Lipinski definition) is 1. The first kappa shape index (κ1) is 26.2. The second-order valence-electron chi connectivity index (χ2n) is 7.92. The number of rotatable bonds is 8. The molecule has 2 heterocycles. The molecule has 0 aliphatic carbocycles. The first-order valence-electron chi connectivity index (χ1n) is 11.2. The van der Waals surface area contributed by atoms with Crippen LogP contribution in [-0.2, 0) is 14.3 Å². The van der Waals surface area contributed by atoms with Crippen molar-refractivity contribution in [3.8, 4) is 11.5 Å². The lowest BCUT2D eigenvalue weighted by atomic mass is 9.95. The Morgan fingerprint density at radius 1 is 1.22 bits per heavy atom. The van der Waals surface area contributed by atoms with Crippen molar-refractivity contribution < 1.29 is 28.9 Å². The van der Waals surface area contributed by atoms with E-state index in [1.165, 1.54) is 30.1 Å². The Morgan fingerprint density at radius 3 is 2.57 bits per heavy atom. The molecule has 1 aliphatic heterocycles. The SMILES string of the molecule is CCC1=C(C(=O)OC)[C@H](c2ccccc2)n2c(s/c(=C\c3cc(Cl)c(OCC(=O)O)c(OC)c3)c2=O)=N1. The van der Waals surface area contributed by atoms with Crippen molar-refractivity contribution in [1.29, 1.82) is 0 Å². The zero-order valence-electron chi connectivity index (χ0n) is 20.2. The van der Waals surface area contributed by atoms with Crippen LogP contribution >= 0.6 is 22.9 Å². The molecule has 0 saturated carbocycles. The van der Waals surface area contributed by atoms with Crippen LogP contribution in [0.1, 0.15) is 30.5 Å². The summed E-state index contributed by atoms with van der Waals surface area (Å²) in [5, 5.41) is 9.03. The number of nitrogens with zero attached hydrogens (tertiary/aromatic N) is 2. The minimum Gasteiger partial charge on any atom is -0.493 e. The number of hydrogen-bond acceptors (Lipinski definition) is 8. The molecular formula is C26H23ClN2O7S. The van der Waals surface area contributed by atoms with Crippen LogP contribution in [0.15, 0.2) is 63.5 Å². The average molecular weight is 543 g/mol. The van der Waals surface area contributed by atoms with Crippen molar-refractivity contribution in [2.75, 3.05) is 20.8 Å². The van der Waals surface area contributed by atoms with Gasteiger partial charge in [-0.15, -0.1) is 0 Å². The molecule has 0 unspecified atom stereocenters. The highest BCUT2D eigenvalue weighted by atomic mass is 35.5. The molecule has 1 aromatic heterocycles. The number of allylic oxidation sites excluding steroid dienone is 1. The summed E-state index contributed by atoms with van der Waals surface area (Å²) < 4.78 is 17.5. The smallest absolute Gasteiger partial charge is 0.341 e. The number of esters is 1. The Balaban J connectivity index is 1.90. The quantitative estimate of drug-likeness (QED) is 0.435. The second-order valence-corrected chi connectivity index (χ2v) is 9.33. The third-order valence-electron chi connectivity index (χ3n) is 5.66. The van der Waals surface area contributed by atoms with Gasteiger partial charge in [0.15, 0.2) is 22.9 Å². The van der Waals surface area contributed by atoms with E-state index in [4.69, 9.17) is 30.9 Å². The van der Waals surface area contributed by atoms with Crippen LogP contribution in [0.4, 0.5) is 0 Å². The molecule has 0 bridgehead atoms. The first-order chi connectivity index (χ1) is 17.8. The van der Waals surface area contributed by atoms with Gasteiger partial charge in [0.25, 0.3) is 5.56 Å². The fraction of sp³-hybridized carbons (Fsp3) is 0.231. The molecule has 2 aromatic carbocycles. The van der Waals surface area contributed by atoms with E-state index in [0.29, 0.717) is 32.6 Å². The van der Waals surface area contributed by atoms with Crippen molar-refractivity contribution in [2.24, 2.45) is 4.99 Å². The van der Waals surface area contributed by atoms with Gasteiger partial charge < -0.3 is 19.3 Å². The fourth-order valence-electron chi connectivity index (χ4n) is 4.06. The standard InChI is InChI=1S/C26H23ClN2O7S/c1-4-17-21(25(33)35-3)22(15-8-6-5-7-9-15)29-24(32)19(37-26(29)28-17)12-14-10-16(27)23(18(11-14)34-2)36-13-20(30)31/h5-12,22H,4,13H2,1-3H3,(H,30,31)/b19-12-/t22-/m0/s1. The minimum atomic E-state index is -1.16. The predicted octanol–water partition coefficient (Wildman–Crippen LogP) is 2.92. The van der Waals surface area contributed by atoms with Crippen LogP contribution in [-0.4, -0.2) is 42.4 Å². The monoisotopic (exact) mass is 542 g/mol. The molecule has 192 valence electrons. The number of carboxylic acid groups (broad SMARTS) is 1.